The number of rotatable bonds is 12. The highest BCUT2D eigenvalue weighted by Gasteiger charge is 2.33. The van der Waals surface area contributed by atoms with Crippen LogP contribution in [0.4, 0.5) is 5.69 Å². The summed E-state index contributed by atoms with van der Waals surface area (Å²) >= 11 is 0. The van der Waals surface area contributed by atoms with E-state index in [1.165, 1.54) is 17.0 Å². The van der Waals surface area contributed by atoms with E-state index in [9.17, 15) is 18.0 Å². The van der Waals surface area contributed by atoms with Gasteiger partial charge in [0.15, 0.2) is 0 Å². The Morgan fingerprint density at radius 2 is 1.52 bits per heavy atom. The summed E-state index contributed by atoms with van der Waals surface area (Å²) in [7, 11) is -4.08. The maximum atomic E-state index is 14.1. The summed E-state index contributed by atoms with van der Waals surface area (Å²) in [5.41, 5.74) is 4.26. The molecule has 1 unspecified atom stereocenters. The van der Waals surface area contributed by atoms with Crippen LogP contribution >= 0.6 is 0 Å². The summed E-state index contributed by atoms with van der Waals surface area (Å²) in [6.07, 6.45) is 0.386. The SMILES string of the molecule is CCC(C(=O)NCC(C)C)N(Cc1ccc(C)cc1)C(=O)CN(c1ccc(C)c(C)c1)S(=O)(=O)c1ccccc1. The van der Waals surface area contributed by atoms with E-state index in [2.05, 4.69) is 5.32 Å². The maximum Gasteiger partial charge on any atom is 0.264 e. The predicted octanol–water partition coefficient (Wildman–Crippen LogP) is 5.39. The third-order valence-corrected chi connectivity index (χ3v) is 8.72. The molecule has 1 N–H and O–H groups in total. The first-order valence-electron chi connectivity index (χ1n) is 13.7. The molecule has 0 saturated carbocycles. The average molecular weight is 564 g/mol. The minimum Gasteiger partial charge on any atom is -0.354 e. The summed E-state index contributed by atoms with van der Waals surface area (Å²) in [5, 5.41) is 2.95. The van der Waals surface area contributed by atoms with Gasteiger partial charge in [0.05, 0.1) is 10.6 Å². The molecular weight excluding hydrogens is 522 g/mol. The third-order valence-electron chi connectivity index (χ3n) is 6.93. The number of carbonyl (C=O) groups excluding carboxylic acids is 2. The Balaban J connectivity index is 2.05. The Kier molecular flexibility index (Phi) is 10.5. The minimum absolute atomic E-state index is 0.0906. The zero-order chi connectivity index (χ0) is 29.4. The first kappa shape index (κ1) is 30.9. The number of sulfonamides is 1. The number of hydrogen-bond donors (Lipinski definition) is 1. The van der Waals surface area contributed by atoms with E-state index >= 15 is 0 Å². The molecule has 40 heavy (non-hydrogen) atoms. The van der Waals surface area contributed by atoms with Crippen molar-refractivity contribution < 1.29 is 18.0 Å². The van der Waals surface area contributed by atoms with Gasteiger partial charge in [-0.2, -0.15) is 0 Å². The highest BCUT2D eigenvalue weighted by molar-refractivity contribution is 7.92. The van der Waals surface area contributed by atoms with E-state index < -0.39 is 28.5 Å². The second-order valence-corrected chi connectivity index (χ2v) is 12.5. The van der Waals surface area contributed by atoms with Crippen LogP contribution < -0.4 is 9.62 Å². The lowest BCUT2D eigenvalue weighted by Gasteiger charge is -2.33. The van der Waals surface area contributed by atoms with E-state index in [0.29, 0.717) is 18.7 Å². The van der Waals surface area contributed by atoms with E-state index in [4.69, 9.17) is 0 Å². The Bertz CT molecular complexity index is 1400. The van der Waals surface area contributed by atoms with Crippen LogP contribution in [0.3, 0.4) is 0 Å². The van der Waals surface area contributed by atoms with Crippen molar-refractivity contribution in [3.05, 3.63) is 95.1 Å². The van der Waals surface area contributed by atoms with Gasteiger partial charge in [-0.15, -0.1) is 0 Å². The molecule has 8 heteroatoms. The molecule has 0 spiro atoms. The quantitative estimate of drug-likeness (QED) is 0.320. The second kappa shape index (κ2) is 13.6. The molecule has 7 nitrogen and oxygen atoms in total. The Labute approximate surface area is 239 Å². The zero-order valence-electron chi connectivity index (χ0n) is 24.3. The van der Waals surface area contributed by atoms with Crippen molar-refractivity contribution in [1.29, 1.82) is 0 Å². The van der Waals surface area contributed by atoms with Crippen LogP contribution in [0.25, 0.3) is 0 Å². The predicted molar refractivity (Wildman–Crippen MR) is 161 cm³/mol. The first-order chi connectivity index (χ1) is 18.9. The van der Waals surface area contributed by atoms with Crippen molar-refractivity contribution in [2.75, 3.05) is 17.4 Å². The van der Waals surface area contributed by atoms with Crippen molar-refractivity contribution in [1.82, 2.24) is 10.2 Å². The molecule has 0 aliphatic heterocycles. The summed E-state index contributed by atoms with van der Waals surface area (Å²) in [4.78, 5) is 29.0. The lowest BCUT2D eigenvalue weighted by molar-refractivity contribution is -0.140. The van der Waals surface area contributed by atoms with E-state index in [1.807, 2.05) is 71.9 Å². The van der Waals surface area contributed by atoms with Gasteiger partial charge in [0.25, 0.3) is 10.0 Å². The maximum absolute atomic E-state index is 14.1. The summed E-state index contributed by atoms with van der Waals surface area (Å²) < 4.78 is 29.0. The molecule has 0 heterocycles. The Hall–Kier alpha value is -3.65. The molecule has 214 valence electrons. The molecule has 0 saturated heterocycles. The highest BCUT2D eigenvalue weighted by Crippen LogP contribution is 2.26. The normalized spacial score (nSPS) is 12.2. The molecule has 0 fully saturated rings. The molecule has 0 aliphatic carbocycles. The minimum atomic E-state index is -4.08. The van der Waals surface area contributed by atoms with Gasteiger partial charge in [0, 0.05) is 13.1 Å². The highest BCUT2D eigenvalue weighted by atomic mass is 32.2. The zero-order valence-corrected chi connectivity index (χ0v) is 25.2. The van der Waals surface area contributed by atoms with Gasteiger partial charge in [-0.25, -0.2) is 8.42 Å². The molecule has 0 aliphatic rings. The lowest BCUT2D eigenvalue weighted by Crippen LogP contribution is -2.52. The summed E-state index contributed by atoms with van der Waals surface area (Å²) in [6.45, 7) is 11.9. The van der Waals surface area contributed by atoms with Crippen molar-refractivity contribution in [3.8, 4) is 0 Å². The van der Waals surface area contributed by atoms with Crippen LogP contribution in [-0.2, 0) is 26.2 Å². The number of nitrogens with zero attached hydrogens (tertiary/aromatic N) is 2. The topological polar surface area (TPSA) is 86.8 Å². The lowest BCUT2D eigenvalue weighted by atomic mass is 10.1. The fourth-order valence-corrected chi connectivity index (χ4v) is 5.79. The van der Waals surface area contributed by atoms with Gasteiger partial charge < -0.3 is 10.2 Å². The molecule has 3 aromatic carbocycles. The molecule has 0 radical (unpaired) electrons. The largest absolute Gasteiger partial charge is 0.354 e. The van der Waals surface area contributed by atoms with Crippen LogP contribution in [0.15, 0.2) is 77.7 Å². The van der Waals surface area contributed by atoms with Crippen molar-refractivity contribution in [2.24, 2.45) is 5.92 Å². The van der Waals surface area contributed by atoms with Crippen LogP contribution in [0.5, 0.6) is 0 Å². The fraction of sp³-hybridized carbons (Fsp3) is 0.375. The third kappa shape index (κ3) is 7.72. The number of amides is 2. The van der Waals surface area contributed by atoms with Gasteiger partial charge >= 0.3 is 0 Å². The van der Waals surface area contributed by atoms with Crippen LogP contribution in [0, 0.1) is 26.7 Å². The van der Waals surface area contributed by atoms with E-state index in [-0.39, 0.29) is 23.3 Å². The van der Waals surface area contributed by atoms with E-state index in [0.717, 1.165) is 26.6 Å². The number of nitrogens with one attached hydrogen (secondary N) is 1. The van der Waals surface area contributed by atoms with Crippen LogP contribution in [0.2, 0.25) is 0 Å². The monoisotopic (exact) mass is 563 g/mol. The smallest absolute Gasteiger partial charge is 0.264 e. The first-order valence-corrected chi connectivity index (χ1v) is 15.2. The van der Waals surface area contributed by atoms with E-state index in [1.54, 1.807) is 30.3 Å². The van der Waals surface area contributed by atoms with Crippen LogP contribution in [0.1, 0.15) is 49.4 Å². The summed E-state index contributed by atoms with van der Waals surface area (Å²) in [5.74, 6) is -0.454. The molecule has 3 rings (SSSR count). The average Bonchev–Trinajstić information content (AvgIpc) is 2.93. The summed E-state index contributed by atoms with van der Waals surface area (Å²) in [6, 6.07) is 20.5. The fourth-order valence-electron chi connectivity index (χ4n) is 4.36. The Morgan fingerprint density at radius 1 is 0.875 bits per heavy atom. The number of anilines is 1. The van der Waals surface area contributed by atoms with Gasteiger partial charge in [-0.3, -0.25) is 13.9 Å². The van der Waals surface area contributed by atoms with Crippen molar-refractivity contribution in [3.63, 3.8) is 0 Å². The standard InChI is InChI=1S/C32H41N3O4S/c1-7-30(32(37)33-20-23(2)3)34(21-27-16-13-24(4)14-17-27)31(36)22-35(28-18-15-25(5)26(6)19-28)40(38,39)29-11-9-8-10-12-29/h8-19,23,30H,7,20-22H2,1-6H3,(H,33,37). The number of benzene rings is 3. The molecule has 1 atom stereocenters. The number of carbonyl (C=O) groups is 2. The van der Waals surface area contributed by atoms with Gasteiger partial charge in [0.1, 0.15) is 12.6 Å². The van der Waals surface area contributed by atoms with Gasteiger partial charge in [-0.05, 0) is 74.1 Å². The molecular formula is C32H41N3O4S. The molecule has 0 aromatic heterocycles. The number of hydrogen-bond acceptors (Lipinski definition) is 4. The van der Waals surface area contributed by atoms with Crippen LogP contribution in [-0.4, -0.2) is 44.3 Å². The molecule has 3 aromatic rings. The second-order valence-electron chi connectivity index (χ2n) is 10.7. The Morgan fingerprint density at radius 3 is 2.10 bits per heavy atom. The van der Waals surface area contributed by atoms with Gasteiger partial charge in [0.2, 0.25) is 11.8 Å². The molecule has 0 bridgehead atoms. The van der Waals surface area contributed by atoms with Gasteiger partial charge in [-0.1, -0.05) is 74.9 Å². The molecule has 2 amide bonds. The van der Waals surface area contributed by atoms with Crippen molar-refractivity contribution >= 4 is 27.5 Å². The van der Waals surface area contributed by atoms with Crippen molar-refractivity contribution in [2.45, 2.75) is 65.4 Å². The number of aryl methyl sites for hydroxylation is 3.